The summed E-state index contributed by atoms with van der Waals surface area (Å²) in [6.07, 6.45) is 3.71. The zero-order chi connectivity index (χ0) is 26.4. The van der Waals surface area contributed by atoms with Crippen LogP contribution in [0.3, 0.4) is 0 Å². The van der Waals surface area contributed by atoms with Gasteiger partial charge in [-0.1, -0.05) is 19.9 Å². The fraction of sp³-hybridized carbons (Fsp3) is 0.214. The molecule has 0 spiro atoms. The molecule has 4 rings (SSSR count). The number of benzene rings is 2. The molecule has 2 heterocycles. The van der Waals surface area contributed by atoms with Crippen molar-refractivity contribution in [2.24, 2.45) is 13.0 Å². The van der Waals surface area contributed by atoms with Crippen molar-refractivity contribution in [2.45, 2.75) is 26.3 Å². The molecule has 0 unspecified atom stereocenters. The number of hydrogen-bond acceptors (Lipinski definition) is 5. The first-order chi connectivity index (χ1) is 17.8. The number of halogens is 1. The summed E-state index contributed by atoms with van der Waals surface area (Å²) < 4.78 is 20.6. The second-order valence-corrected chi connectivity index (χ2v) is 8.93. The number of pyridine rings is 1. The van der Waals surface area contributed by atoms with E-state index in [0.29, 0.717) is 28.7 Å². The number of carbonyl (C=O) groups is 2. The average Bonchev–Trinajstić information content (AvgIpc) is 3.30. The maximum Gasteiger partial charge on any atom is 0.248 e. The van der Waals surface area contributed by atoms with Gasteiger partial charge in [-0.2, -0.15) is 0 Å². The molecule has 0 bridgehead atoms. The van der Waals surface area contributed by atoms with Crippen LogP contribution in [0.25, 0.3) is 11.3 Å². The molecular weight excluding hydrogens is 473 g/mol. The highest BCUT2D eigenvalue weighted by atomic mass is 19.1. The van der Waals surface area contributed by atoms with Crippen LogP contribution < -0.4 is 15.4 Å². The smallest absolute Gasteiger partial charge is 0.248 e. The number of amides is 2. The van der Waals surface area contributed by atoms with Crippen LogP contribution in [0.2, 0.25) is 0 Å². The Morgan fingerprint density at radius 1 is 0.973 bits per heavy atom. The van der Waals surface area contributed by atoms with Crippen LogP contribution >= 0.6 is 0 Å². The predicted molar refractivity (Wildman–Crippen MR) is 138 cm³/mol. The van der Waals surface area contributed by atoms with E-state index >= 15 is 0 Å². The Kier molecular flexibility index (Phi) is 7.92. The normalized spacial score (nSPS) is 11.7. The van der Waals surface area contributed by atoms with E-state index in [-0.39, 0.29) is 30.0 Å². The van der Waals surface area contributed by atoms with Crippen LogP contribution in [0.5, 0.6) is 11.5 Å². The molecule has 1 atom stereocenters. The first-order valence-corrected chi connectivity index (χ1v) is 11.9. The van der Waals surface area contributed by atoms with E-state index in [9.17, 15) is 14.0 Å². The number of nitrogens with zero attached hydrogens (tertiary/aromatic N) is 3. The fourth-order valence-corrected chi connectivity index (χ4v) is 3.54. The third kappa shape index (κ3) is 7.00. The van der Waals surface area contributed by atoms with Gasteiger partial charge >= 0.3 is 0 Å². The number of ether oxygens (including phenoxy) is 1. The molecule has 0 saturated carbocycles. The summed E-state index contributed by atoms with van der Waals surface area (Å²) in [5.74, 6) is 0.286. The molecule has 2 aromatic heterocycles. The van der Waals surface area contributed by atoms with Crippen molar-refractivity contribution >= 4 is 17.6 Å². The van der Waals surface area contributed by atoms with Gasteiger partial charge in [0.25, 0.3) is 0 Å². The lowest BCUT2D eigenvalue weighted by Crippen LogP contribution is -2.46. The molecule has 9 heteroatoms. The molecule has 190 valence electrons. The Bertz CT molecular complexity index is 1370. The van der Waals surface area contributed by atoms with Crippen molar-refractivity contribution in [1.29, 1.82) is 0 Å². The SMILES string of the molecule is CC(C)C(=O)N[C@@H](Cc1cn(C)cn1)C(=O)Nc1cccc(-c2ccc(Oc3ccc(F)cc3)cc2)n1. The molecule has 37 heavy (non-hydrogen) atoms. The second kappa shape index (κ2) is 11.5. The van der Waals surface area contributed by atoms with Crippen LogP contribution in [-0.2, 0) is 23.1 Å². The lowest BCUT2D eigenvalue weighted by Gasteiger charge is -2.19. The standard InChI is InChI=1S/C28H28FN5O3/c1-18(2)27(35)32-25(15-21-16-34(3)17-30-21)28(36)33-26-6-4-5-24(31-26)19-7-11-22(12-8-19)37-23-13-9-20(29)10-14-23/h4-14,16-18,25H,15H2,1-3H3,(H,32,35)(H,31,33,36)/t25-/m0/s1. The van der Waals surface area contributed by atoms with E-state index in [4.69, 9.17) is 4.74 Å². The summed E-state index contributed by atoms with van der Waals surface area (Å²) in [5, 5.41) is 5.62. The number of imidazole rings is 1. The zero-order valence-corrected chi connectivity index (χ0v) is 20.8. The Morgan fingerprint density at radius 3 is 2.27 bits per heavy atom. The van der Waals surface area contributed by atoms with Gasteiger partial charge in [-0.15, -0.1) is 0 Å². The van der Waals surface area contributed by atoms with Gasteiger partial charge in [0, 0.05) is 31.1 Å². The molecule has 0 fully saturated rings. The van der Waals surface area contributed by atoms with Gasteiger partial charge in [0.05, 0.1) is 17.7 Å². The molecule has 2 amide bonds. The Balaban J connectivity index is 1.46. The number of aromatic nitrogens is 3. The summed E-state index contributed by atoms with van der Waals surface area (Å²) >= 11 is 0. The van der Waals surface area contributed by atoms with Gasteiger partial charge in [-0.3, -0.25) is 9.59 Å². The highest BCUT2D eigenvalue weighted by molar-refractivity contribution is 5.97. The highest BCUT2D eigenvalue weighted by Gasteiger charge is 2.24. The number of hydrogen-bond donors (Lipinski definition) is 2. The molecule has 8 nitrogen and oxygen atoms in total. The van der Waals surface area contributed by atoms with Gasteiger partial charge in [0.1, 0.15) is 29.2 Å². The van der Waals surface area contributed by atoms with Crippen molar-refractivity contribution in [1.82, 2.24) is 19.9 Å². The molecule has 0 aliphatic carbocycles. The van der Waals surface area contributed by atoms with E-state index in [1.54, 1.807) is 61.1 Å². The number of anilines is 1. The second-order valence-electron chi connectivity index (χ2n) is 8.93. The summed E-state index contributed by atoms with van der Waals surface area (Å²) in [5.41, 5.74) is 2.16. The topological polar surface area (TPSA) is 98.1 Å². The quantitative estimate of drug-likeness (QED) is 0.345. The van der Waals surface area contributed by atoms with E-state index in [0.717, 1.165) is 5.56 Å². The van der Waals surface area contributed by atoms with Crippen molar-refractivity contribution in [2.75, 3.05) is 5.32 Å². The largest absolute Gasteiger partial charge is 0.457 e. The molecule has 0 saturated heterocycles. The molecular formula is C28H28FN5O3. The van der Waals surface area contributed by atoms with Gasteiger partial charge in [0.15, 0.2) is 0 Å². The van der Waals surface area contributed by atoms with Crippen molar-refractivity contribution < 1.29 is 18.7 Å². The minimum Gasteiger partial charge on any atom is -0.457 e. The first kappa shape index (κ1) is 25.6. The minimum atomic E-state index is -0.807. The Labute approximate surface area is 214 Å². The third-order valence-corrected chi connectivity index (χ3v) is 5.53. The monoisotopic (exact) mass is 501 g/mol. The maximum atomic E-state index is 13.1. The van der Waals surface area contributed by atoms with Gasteiger partial charge < -0.3 is 19.9 Å². The number of carbonyl (C=O) groups excluding carboxylic acids is 2. The number of aryl methyl sites for hydroxylation is 1. The molecule has 0 radical (unpaired) electrons. The Morgan fingerprint density at radius 2 is 1.65 bits per heavy atom. The van der Waals surface area contributed by atoms with E-state index in [1.807, 2.05) is 31.4 Å². The van der Waals surface area contributed by atoms with Gasteiger partial charge in [0.2, 0.25) is 11.8 Å². The van der Waals surface area contributed by atoms with Crippen LogP contribution in [0, 0.1) is 11.7 Å². The van der Waals surface area contributed by atoms with Crippen molar-refractivity contribution in [3.05, 3.63) is 90.8 Å². The maximum absolute atomic E-state index is 13.1. The third-order valence-electron chi connectivity index (χ3n) is 5.53. The molecule has 4 aromatic rings. The van der Waals surface area contributed by atoms with Gasteiger partial charge in [-0.25, -0.2) is 14.4 Å². The van der Waals surface area contributed by atoms with Gasteiger partial charge in [-0.05, 0) is 60.7 Å². The Hall–Kier alpha value is -4.53. The number of rotatable bonds is 9. The summed E-state index contributed by atoms with van der Waals surface area (Å²) in [4.78, 5) is 34.3. The van der Waals surface area contributed by atoms with E-state index < -0.39 is 6.04 Å². The van der Waals surface area contributed by atoms with Crippen LogP contribution in [0.1, 0.15) is 19.5 Å². The molecule has 2 aromatic carbocycles. The van der Waals surface area contributed by atoms with Crippen LogP contribution in [-0.4, -0.2) is 32.4 Å². The lowest BCUT2D eigenvalue weighted by atomic mass is 10.1. The predicted octanol–water partition coefficient (Wildman–Crippen LogP) is 4.74. The molecule has 0 aliphatic heterocycles. The van der Waals surface area contributed by atoms with Crippen molar-refractivity contribution in [3.8, 4) is 22.8 Å². The lowest BCUT2D eigenvalue weighted by molar-refractivity contribution is -0.128. The molecule has 0 aliphatic rings. The van der Waals surface area contributed by atoms with Crippen LogP contribution in [0.15, 0.2) is 79.3 Å². The highest BCUT2D eigenvalue weighted by Crippen LogP contribution is 2.26. The average molecular weight is 502 g/mol. The van der Waals surface area contributed by atoms with E-state index in [1.165, 1.54) is 12.1 Å². The fourth-order valence-electron chi connectivity index (χ4n) is 3.54. The van der Waals surface area contributed by atoms with E-state index in [2.05, 4.69) is 20.6 Å². The first-order valence-electron chi connectivity index (χ1n) is 11.9. The minimum absolute atomic E-state index is 0.222. The van der Waals surface area contributed by atoms with Crippen molar-refractivity contribution in [3.63, 3.8) is 0 Å². The summed E-state index contributed by atoms with van der Waals surface area (Å²) in [6, 6.07) is 17.6. The summed E-state index contributed by atoms with van der Waals surface area (Å²) in [6.45, 7) is 3.54. The van der Waals surface area contributed by atoms with Crippen LogP contribution in [0.4, 0.5) is 10.2 Å². The molecule has 2 N–H and O–H groups in total. The zero-order valence-electron chi connectivity index (χ0n) is 20.8. The summed E-state index contributed by atoms with van der Waals surface area (Å²) in [7, 11) is 1.84. The number of nitrogens with one attached hydrogen (secondary N) is 2.